The molecule has 1 atom stereocenters. The molecule has 1 aliphatic heterocycles. The standard InChI is InChI=1S/C27H30BrFN4O2/c1-2-3-7-23(18-5-4-6-20(28)14-18)33-27(34)21-9-8-19(15-22(21)29)25-26(30)31-16-24(32-25)17-10-12-35-13-11-17/h4-6,8-9,14-17,23H,2-3,7,10-13H2,1H3,(H2,30,31)(H,33,34)/t23-/m1/s1. The molecule has 1 aliphatic rings. The van der Waals surface area contributed by atoms with E-state index in [1.807, 2.05) is 24.3 Å². The number of nitrogens with one attached hydrogen (secondary N) is 1. The van der Waals surface area contributed by atoms with E-state index in [9.17, 15) is 4.79 Å². The lowest BCUT2D eigenvalue weighted by Crippen LogP contribution is -2.29. The molecule has 0 aliphatic carbocycles. The average Bonchev–Trinajstić information content (AvgIpc) is 2.87. The normalized spacial score (nSPS) is 15.1. The SMILES string of the molecule is CCCC[C@@H](NC(=O)c1ccc(-c2nc(C3CCOCC3)cnc2N)cc1F)c1cccc(Br)c1. The van der Waals surface area contributed by atoms with Gasteiger partial charge in [-0.15, -0.1) is 0 Å². The van der Waals surface area contributed by atoms with Crippen molar-refractivity contribution in [2.24, 2.45) is 0 Å². The van der Waals surface area contributed by atoms with Crippen LogP contribution in [0.15, 0.2) is 53.1 Å². The number of carbonyl (C=O) groups is 1. The molecule has 1 amide bonds. The van der Waals surface area contributed by atoms with Crippen LogP contribution in [-0.4, -0.2) is 29.1 Å². The molecule has 4 rings (SSSR count). The number of hydrogen-bond acceptors (Lipinski definition) is 5. The topological polar surface area (TPSA) is 90.1 Å². The molecule has 1 aromatic heterocycles. The lowest BCUT2D eigenvalue weighted by molar-refractivity contribution is 0.0844. The van der Waals surface area contributed by atoms with Crippen LogP contribution < -0.4 is 11.1 Å². The number of nitrogen functional groups attached to an aromatic ring is 1. The van der Waals surface area contributed by atoms with Gasteiger partial charge in [-0.1, -0.05) is 53.9 Å². The minimum absolute atomic E-state index is 0.0163. The van der Waals surface area contributed by atoms with Gasteiger partial charge in [0.25, 0.3) is 5.91 Å². The van der Waals surface area contributed by atoms with Crippen LogP contribution in [0.5, 0.6) is 0 Å². The second kappa shape index (κ2) is 11.7. The smallest absolute Gasteiger partial charge is 0.254 e. The van der Waals surface area contributed by atoms with Gasteiger partial charge in [0.2, 0.25) is 0 Å². The molecule has 0 unspecified atom stereocenters. The Balaban J connectivity index is 1.56. The third-order valence-corrected chi connectivity index (χ3v) is 6.84. The summed E-state index contributed by atoms with van der Waals surface area (Å²) >= 11 is 3.49. The molecule has 3 aromatic rings. The summed E-state index contributed by atoms with van der Waals surface area (Å²) in [6, 6.07) is 12.1. The summed E-state index contributed by atoms with van der Waals surface area (Å²) in [7, 11) is 0. The van der Waals surface area contributed by atoms with Crippen LogP contribution >= 0.6 is 15.9 Å². The minimum Gasteiger partial charge on any atom is -0.382 e. The van der Waals surface area contributed by atoms with Crippen LogP contribution in [0.25, 0.3) is 11.3 Å². The Morgan fingerprint density at radius 3 is 2.77 bits per heavy atom. The van der Waals surface area contributed by atoms with Crippen molar-refractivity contribution in [2.45, 2.75) is 51.0 Å². The lowest BCUT2D eigenvalue weighted by Gasteiger charge is -2.22. The van der Waals surface area contributed by atoms with Gasteiger partial charge in [-0.25, -0.2) is 14.4 Å². The van der Waals surface area contributed by atoms with Crippen LogP contribution in [0.2, 0.25) is 0 Å². The Morgan fingerprint density at radius 1 is 1.26 bits per heavy atom. The number of amides is 1. The van der Waals surface area contributed by atoms with Crippen molar-refractivity contribution in [1.82, 2.24) is 15.3 Å². The molecular formula is C27H30BrFN4O2. The van der Waals surface area contributed by atoms with Crippen LogP contribution in [0.4, 0.5) is 10.2 Å². The number of anilines is 1. The van der Waals surface area contributed by atoms with Gasteiger partial charge >= 0.3 is 0 Å². The highest BCUT2D eigenvalue weighted by Crippen LogP contribution is 2.30. The predicted octanol–water partition coefficient (Wildman–Crippen LogP) is 6.18. The molecule has 0 bridgehead atoms. The van der Waals surface area contributed by atoms with Gasteiger partial charge in [0.15, 0.2) is 0 Å². The minimum atomic E-state index is -0.624. The molecule has 6 nitrogen and oxygen atoms in total. The maximum Gasteiger partial charge on any atom is 0.254 e. The van der Waals surface area contributed by atoms with Gasteiger partial charge in [0, 0.05) is 29.2 Å². The molecule has 1 fully saturated rings. The van der Waals surface area contributed by atoms with E-state index < -0.39 is 11.7 Å². The van der Waals surface area contributed by atoms with Crippen molar-refractivity contribution < 1.29 is 13.9 Å². The first-order chi connectivity index (χ1) is 17.0. The van der Waals surface area contributed by atoms with Crippen molar-refractivity contribution in [1.29, 1.82) is 0 Å². The number of benzene rings is 2. The summed E-state index contributed by atoms with van der Waals surface area (Å²) in [5, 5.41) is 3.01. The number of nitrogens with zero attached hydrogens (tertiary/aromatic N) is 2. The molecule has 184 valence electrons. The maximum atomic E-state index is 15.2. The Hall–Kier alpha value is -2.84. The number of nitrogens with two attached hydrogens (primary N) is 1. The van der Waals surface area contributed by atoms with Crippen LogP contribution in [0.3, 0.4) is 0 Å². The zero-order valence-corrected chi connectivity index (χ0v) is 21.4. The predicted molar refractivity (Wildman–Crippen MR) is 139 cm³/mol. The van der Waals surface area contributed by atoms with Crippen molar-refractivity contribution in [2.75, 3.05) is 18.9 Å². The summed E-state index contributed by atoms with van der Waals surface area (Å²) in [4.78, 5) is 22.0. The summed E-state index contributed by atoms with van der Waals surface area (Å²) in [5.74, 6) is -0.610. The van der Waals surface area contributed by atoms with Crippen molar-refractivity contribution in [3.8, 4) is 11.3 Å². The molecule has 8 heteroatoms. The second-order valence-corrected chi connectivity index (χ2v) is 9.75. The summed E-state index contributed by atoms with van der Waals surface area (Å²) < 4.78 is 21.5. The molecule has 35 heavy (non-hydrogen) atoms. The number of unbranched alkanes of at least 4 members (excludes halogenated alkanes) is 1. The van der Waals surface area contributed by atoms with E-state index in [0.29, 0.717) is 24.5 Å². The van der Waals surface area contributed by atoms with Gasteiger partial charge in [0.05, 0.1) is 23.5 Å². The summed E-state index contributed by atoms with van der Waals surface area (Å²) in [5.41, 5.74) is 8.79. The Kier molecular flexibility index (Phi) is 8.46. The molecule has 0 spiro atoms. The first-order valence-corrected chi connectivity index (χ1v) is 12.8. The number of halogens is 2. The fourth-order valence-electron chi connectivity index (χ4n) is 4.35. The van der Waals surface area contributed by atoms with Gasteiger partial charge in [-0.05, 0) is 49.1 Å². The van der Waals surface area contributed by atoms with Crippen molar-refractivity contribution >= 4 is 27.7 Å². The first-order valence-electron chi connectivity index (χ1n) is 12.0. The molecular weight excluding hydrogens is 511 g/mol. The Morgan fingerprint density at radius 2 is 2.06 bits per heavy atom. The van der Waals surface area contributed by atoms with E-state index in [0.717, 1.165) is 47.8 Å². The number of rotatable bonds is 8. The highest BCUT2D eigenvalue weighted by atomic mass is 79.9. The highest BCUT2D eigenvalue weighted by Gasteiger charge is 2.22. The highest BCUT2D eigenvalue weighted by molar-refractivity contribution is 9.10. The largest absolute Gasteiger partial charge is 0.382 e. The van der Waals surface area contributed by atoms with Gasteiger partial charge in [-0.2, -0.15) is 0 Å². The molecule has 1 saturated heterocycles. The molecule has 3 N–H and O–H groups in total. The van der Waals surface area contributed by atoms with Crippen molar-refractivity contribution in [3.63, 3.8) is 0 Å². The number of carbonyl (C=O) groups excluding carboxylic acids is 1. The van der Waals surface area contributed by atoms with Gasteiger partial charge in [-0.3, -0.25) is 4.79 Å². The third-order valence-electron chi connectivity index (χ3n) is 6.35. The second-order valence-electron chi connectivity index (χ2n) is 8.83. The third kappa shape index (κ3) is 6.24. The molecule has 0 saturated carbocycles. The number of hydrogen-bond donors (Lipinski definition) is 2. The van der Waals surface area contributed by atoms with Gasteiger partial charge < -0.3 is 15.8 Å². The molecule has 2 heterocycles. The quantitative estimate of drug-likeness (QED) is 0.355. The van der Waals surface area contributed by atoms with E-state index >= 15 is 4.39 Å². The van der Waals surface area contributed by atoms with Gasteiger partial charge in [0.1, 0.15) is 17.3 Å². The van der Waals surface area contributed by atoms with E-state index in [4.69, 9.17) is 15.5 Å². The average molecular weight is 541 g/mol. The van der Waals surface area contributed by atoms with E-state index in [1.165, 1.54) is 12.1 Å². The Labute approximate surface area is 213 Å². The summed E-state index contributed by atoms with van der Waals surface area (Å²) in [6.07, 6.45) is 6.12. The maximum absolute atomic E-state index is 15.2. The molecule has 0 radical (unpaired) electrons. The monoisotopic (exact) mass is 540 g/mol. The van der Waals surface area contributed by atoms with Crippen LogP contribution in [-0.2, 0) is 4.74 Å². The fourth-order valence-corrected chi connectivity index (χ4v) is 4.77. The van der Waals surface area contributed by atoms with Crippen LogP contribution in [0, 0.1) is 5.82 Å². The number of ether oxygens (including phenoxy) is 1. The van der Waals surface area contributed by atoms with Crippen molar-refractivity contribution in [3.05, 3.63) is 75.8 Å². The summed E-state index contributed by atoms with van der Waals surface area (Å²) in [6.45, 7) is 3.47. The Bertz CT molecular complexity index is 1180. The van der Waals surface area contributed by atoms with E-state index in [1.54, 1.807) is 12.3 Å². The van der Waals surface area contributed by atoms with E-state index in [2.05, 4.69) is 33.2 Å². The number of aromatic nitrogens is 2. The zero-order valence-electron chi connectivity index (χ0n) is 19.8. The fraction of sp³-hybridized carbons (Fsp3) is 0.370. The first kappa shape index (κ1) is 25.3. The zero-order chi connectivity index (χ0) is 24.8. The molecule has 2 aromatic carbocycles. The lowest BCUT2D eigenvalue weighted by atomic mass is 9.96. The van der Waals surface area contributed by atoms with E-state index in [-0.39, 0.29) is 23.3 Å². The van der Waals surface area contributed by atoms with Crippen LogP contribution in [0.1, 0.15) is 72.6 Å².